The Bertz CT molecular complexity index is 730. The van der Waals surface area contributed by atoms with Crippen LogP contribution in [-0.2, 0) is 5.33 Å². The third kappa shape index (κ3) is 2.07. The molecule has 6 nitrogen and oxygen atoms in total. The number of aromatic carboxylic acids is 1. The zero-order valence-electron chi connectivity index (χ0n) is 10.8. The summed E-state index contributed by atoms with van der Waals surface area (Å²) in [6.45, 7) is 3.59. The number of carboxylic acid groups (broad SMARTS) is 1. The molecule has 0 saturated heterocycles. The van der Waals surface area contributed by atoms with Crippen LogP contribution in [0.1, 0.15) is 30.0 Å². The highest BCUT2D eigenvalue weighted by Crippen LogP contribution is 2.41. The molecule has 1 N–H and O–H groups in total. The Hall–Kier alpha value is -1.89. The molecule has 2 heterocycles. The minimum absolute atomic E-state index is 0.0625. The van der Waals surface area contributed by atoms with E-state index in [1.165, 1.54) is 0 Å². The fourth-order valence-electron chi connectivity index (χ4n) is 2.08. The number of hydrogen-bond donors (Lipinski definition) is 1. The molecule has 1 aromatic carbocycles. The number of halogens is 1. The lowest BCUT2D eigenvalue weighted by Gasteiger charge is -2.16. The Labute approximate surface area is 122 Å². The minimum Gasteiger partial charge on any atom is -0.476 e. The van der Waals surface area contributed by atoms with E-state index >= 15 is 0 Å². The van der Waals surface area contributed by atoms with E-state index in [0.717, 1.165) is 0 Å². The molecule has 0 fully saturated rings. The van der Waals surface area contributed by atoms with Gasteiger partial charge in [-0.1, -0.05) is 15.9 Å². The van der Waals surface area contributed by atoms with Crippen molar-refractivity contribution < 1.29 is 19.4 Å². The maximum atomic E-state index is 11.2. The molecule has 0 aliphatic carbocycles. The second-order valence-corrected chi connectivity index (χ2v) is 5.41. The molecule has 0 unspecified atom stereocenters. The van der Waals surface area contributed by atoms with Crippen LogP contribution >= 0.6 is 15.9 Å². The Morgan fingerprint density at radius 2 is 1.80 bits per heavy atom. The summed E-state index contributed by atoms with van der Waals surface area (Å²) in [6.07, 6.45) is 0. The van der Waals surface area contributed by atoms with Crippen molar-refractivity contribution in [3.63, 3.8) is 0 Å². The number of carboxylic acids is 1. The number of fused-ring (bicyclic) bond motifs is 2. The number of rotatable bonds is 2. The molecule has 2 aromatic rings. The lowest BCUT2D eigenvalue weighted by Crippen LogP contribution is -2.29. The lowest BCUT2D eigenvalue weighted by atomic mass is 10.2. The van der Waals surface area contributed by atoms with E-state index < -0.39 is 11.8 Å². The largest absolute Gasteiger partial charge is 0.476 e. The monoisotopic (exact) mass is 338 g/mol. The summed E-state index contributed by atoms with van der Waals surface area (Å²) in [5, 5.41) is 9.47. The number of ether oxygens (including phenoxy) is 2. The molecule has 1 aliphatic heterocycles. The van der Waals surface area contributed by atoms with Gasteiger partial charge in [-0.05, 0) is 0 Å². The van der Waals surface area contributed by atoms with Crippen molar-refractivity contribution in [1.82, 2.24) is 9.97 Å². The Balaban J connectivity index is 2.22. The van der Waals surface area contributed by atoms with Crippen molar-refractivity contribution in [1.29, 1.82) is 0 Å². The van der Waals surface area contributed by atoms with E-state index in [-0.39, 0.29) is 5.69 Å². The third-order valence-corrected chi connectivity index (χ3v) is 3.37. The van der Waals surface area contributed by atoms with Crippen molar-refractivity contribution in [3.05, 3.63) is 23.5 Å². The fraction of sp³-hybridized carbons (Fsp3) is 0.308. The first kappa shape index (κ1) is 13.1. The van der Waals surface area contributed by atoms with Gasteiger partial charge in [0.1, 0.15) is 0 Å². The van der Waals surface area contributed by atoms with E-state index in [9.17, 15) is 4.79 Å². The van der Waals surface area contributed by atoms with Crippen molar-refractivity contribution in [3.8, 4) is 11.5 Å². The second-order valence-electron chi connectivity index (χ2n) is 4.85. The first-order valence-corrected chi connectivity index (χ1v) is 7.04. The van der Waals surface area contributed by atoms with E-state index in [4.69, 9.17) is 14.6 Å². The fourth-order valence-corrected chi connectivity index (χ4v) is 2.47. The first-order chi connectivity index (χ1) is 9.39. The van der Waals surface area contributed by atoms with Gasteiger partial charge in [0.15, 0.2) is 17.2 Å². The molecule has 0 saturated carbocycles. The zero-order valence-corrected chi connectivity index (χ0v) is 12.4. The highest BCUT2D eigenvalue weighted by Gasteiger charge is 2.32. The average molecular weight is 339 g/mol. The van der Waals surface area contributed by atoms with Gasteiger partial charge in [0.2, 0.25) is 5.79 Å². The molecule has 3 rings (SSSR count). The van der Waals surface area contributed by atoms with Gasteiger partial charge in [-0.25, -0.2) is 14.8 Å². The number of alkyl halides is 1. The highest BCUT2D eigenvalue weighted by molar-refractivity contribution is 9.08. The molecular formula is C13H11BrN2O4. The maximum absolute atomic E-state index is 11.2. The lowest BCUT2D eigenvalue weighted by molar-refractivity contribution is -0.0431. The van der Waals surface area contributed by atoms with E-state index in [2.05, 4.69) is 25.9 Å². The van der Waals surface area contributed by atoms with Crippen LogP contribution in [0.5, 0.6) is 11.5 Å². The van der Waals surface area contributed by atoms with E-state index in [1.54, 1.807) is 26.0 Å². The van der Waals surface area contributed by atoms with Gasteiger partial charge in [0.25, 0.3) is 0 Å². The quantitative estimate of drug-likeness (QED) is 0.848. The van der Waals surface area contributed by atoms with Gasteiger partial charge < -0.3 is 14.6 Å². The molecule has 1 aromatic heterocycles. The first-order valence-electron chi connectivity index (χ1n) is 5.91. The molecule has 1 aliphatic rings. The van der Waals surface area contributed by atoms with Gasteiger partial charge >= 0.3 is 5.97 Å². The van der Waals surface area contributed by atoms with Crippen LogP contribution in [0.15, 0.2) is 12.1 Å². The van der Waals surface area contributed by atoms with E-state index in [1.807, 2.05) is 0 Å². The minimum atomic E-state index is -1.10. The molecule has 0 bridgehead atoms. The average Bonchev–Trinajstić information content (AvgIpc) is 2.66. The highest BCUT2D eigenvalue weighted by atomic mass is 79.9. The summed E-state index contributed by atoms with van der Waals surface area (Å²) in [7, 11) is 0. The summed E-state index contributed by atoms with van der Waals surface area (Å²) in [4.78, 5) is 19.6. The normalized spacial score (nSPS) is 15.6. The SMILES string of the molecule is CC1(C)Oc2cc3nc(CBr)c(C(=O)O)nc3cc2O1. The summed E-state index contributed by atoms with van der Waals surface area (Å²) in [5.74, 6) is -0.722. The van der Waals surface area contributed by atoms with Crippen LogP contribution in [0.4, 0.5) is 0 Å². The molecule has 0 spiro atoms. The van der Waals surface area contributed by atoms with Gasteiger partial charge in [0.05, 0.1) is 16.7 Å². The maximum Gasteiger partial charge on any atom is 0.356 e. The number of aromatic nitrogens is 2. The predicted octanol–water partition coefficient (Wildman–Crippen LogP) is 2.73. The van der Waals surface area contributed by atoms with Crippen LogP contribution in [-0.4, -0.2) is 26.8 Å². The molecule has 0 amide bonds. The van der Waals surface area contributed by atoms with Crippen LogP contribution < -0.4 is 9.47 Å². The molecule has 104 valence electrons. The number of nitrogens with zero attached hydrogens (tertiary/aromatic N) is 2. The van der Waals surface area contributed by atoms with E-state index in [0.29, 0.717) is 33.6 Å². The van der Waals surface area contributed by atoms with Crippen LogP contribution in [0.25, 0.3) is 11.0 Å². The number of benzene rings is 1. The van der Waals surface area contributed by atoms with Gasteiger partial charge in [-0.2, -0.15) is 0 Å². The summed E-state index contributed by atoms with van der Waals surface area (Å²) in [6, 6.07) is 3.36. The summed E-state index contributed by atoms with van der Waals surface area (Å²) < 4.78 is 11.2. The van der Waals surface area contributed by atoms with Crippen molar-refractivity contribution in [2.75, 3.05) is 0 Å². The zero-order chi connectivity index (χ0) is 14.5. The van der Waals surface area contributed by atoms with Gasteiger partial charge in [-0.3, -0.25) is 0 Å². The smallest absolute Gasteiger partial charge is 0.356 e. The molecular weight excluding hydrogens is 328 g/mol. The van der Waals surface area contributed by atoms with Crippen molar-refractivity contribution in [2.45, 2.75) is 25.0 Å². The van der Waals surface area contributed by atoms with Crippen molar-refractivity contribution >= 4 is 32.9 Å². The number of hydrogen-bond acceptors (Lipinski definition) is 5. The molecule has 7 heteroatoms. The Morgan fingerprint density at radius 1 is 1.25 bits per heavy atom. The topological polar surface area (TPSA) is 81.5 Å². The molecule has 0 radical (unpaired) electrons. The molecule has 20 heavy (non-hydrogen) atoms. The Morgan fingerprint density at radius 3 is 2.30 bits per heavy atom. The van der Waals surface area contributed by atoms with Crippen molar-refractivity contribution in [2.24, 2.45) is 0 Å². The number of carbonyl (C=O) groups is 1. The van der Waals surface area contributed by atoms with Crippen LogP contribution in [0, 0.1) is 0 Å². The molecule has 0 atom stereocenters. The summed E-state index contributed by atoms with van der Waals surface area (Å²) >= 11 is 3.22. The van der Waals surface area contributed by atoms with Crippen LogP contribution in [0.3, 0.4) is 0 Å². The predicted molar refractivity (Wildman–Crippen MR) is 74.5 cm³/mol. The standard InChI is InChI=1S/C13H11BrN2O4/c1-13(2)19-9-3-6-7(4-10(9)20-13)16-11(12(17)18)8(5-14)15-6/h3-4H,5H2,1-2H3,(H,17,18). The second kappa shape index (κ2) is 4.31. The van der Waals surface area contributed by atoms with Gasteiger partial charge in [0, 0.05) is 31.3 Å². The third-order valence-electron chi connectivity index (χ3n) is 2.84. The van der Waals surface area contributed by atoms with Gasteiger partial charge in [-0.15, -0.1) is 0 Å². The Kier molecular flexibility index (Phi) is 2.82. The van der Waals surface area contributed by atoms with Crippen LogP contribution in [0.2, 0.25) is 0 Å². The summed E-state index contributed by atoms with van der Waals surface area (Å²) in [5.41, 5.74) is 1.35.